The van der Waals surface area contributed by atoms with Crippen LogP contribution in [0.25, 0.3) is 0 Å². The molecule has 0 aromatic heterocycles. The van der Waals surface area contributed by atoms with Gasteiger partial charge in [-0.15, -0.1) is 0 Å². The number of amides is 2. The van der Waals surface area contributed by atoms with Crippen molar-refractivity contribution in [2.45, 2.75) is 19.8 Å². The number of benzene rings is 1. The third-order valence-electron chi connectivity index (χ3n) is 2.70. The summed E-state index contributed by atoms with van der Waals surface area (Å²) >= 11 is 0. The van der Waals surface area contributed by atoms with E-state index in [-0.39, 0.29) is 12.6 Å². The first kappa shape index (κ1) is 15.0. The maximum Gasteiger partial charge on any atom is 0.321 e. The van der Waals surface area contributed by atoms with Crippen LogP contribution in [0.5, 0.6) is 0 Å². The summed E-state index contributed by atoms with van der Waals surface area (Å²) in [5.41, 5.74) is 1.19. The zero-order valence-corrected chi connectivity index (χ0v) is 11.1. The predicted molar refractivity (Wildman–Crippen MR) is 73.7 cm³/mol. The highest BCUT2D eigenvalue weighted by Crippen LogP contribution is 2.10. The van der Waals surface area contributed by atoms with E-state index in [1.54, 1.807) is 29.2 Å². The second-order valence-electron chi connectivity index (χ2n) is 4.18. The van der Waals surface area contributed by atoms with Crippen LogP contribution in [0, 0.1) is 11.3 Å². The van der Waals surface area contributed by atoms with Crippen LogP contribution in [-0.2, 0) is 0 Å². The van der Waals surface area contributed by atoms with Gasteiger partial charge in [-0.1, -0.05) is 13.3 Å². The highest BCUT2D eigenvalue weighted by molar-refractivity contribution is 5.89. The number of nitrogens with one attached hydrogen (secondary N) is 1. The first-order valence-corrected chi connectivity index (χ1v) is 6.38. The van der Waals surface area contributed by atoms with Crippen LogP contribution in [-0.4, -0.2) is 35.7 Å². The second-order valence-corrected chi connectivity index (χ2v) is 4.18. The van der Waals surface area contributed by atoms with Crippen molar-refractivity contribution >= 4 is 11.7 Å². The van der Waals surface area contributed by atoms with Gasteiger partial charge in [-0.2, -0.15) is 5.26 Å². The molecule has 0 fully saturated rings. The lowest BCUT2D eigenvalue weighted by Crippen LogP contribution is -2.37. The molecular weight excluding hydrogens is 242 g/mol. The van der Waals surface area contributed by atoms with Crippen LogP contribution >= 0.6 is 0 Å². The van der Waals surface area contributed by atoms with E-state index in [0.717, 1.165) is 12.8 Å². The topological polar surface area (TPSA) is 76.4 Å². The second kappa shape index (κ2) is 8.11. The maximum atomic E-state index is 12.0. The first-order chi connectivity index (χ1) is 9.21. The highest BCUT2D eigenvalue weighted by atomic mass is 16.3. The Hall–Kier alpha value is -2.06. The molecule has 19 heavy (non-hydrogen) atoms. The van der Waals surface area contributed by atoms with Crippen molar-refractivity contribution in [3.05, 3.63) is 29.8 Å². The summed E-state index contributed by atoms with van der Waals surface area (Å²) in [6, 6.07) is 8.47. The van der Waals surface area contributed by atoms with E-state index in [9.17, 15) is 4.79 Å². The highest BCUT2D eigenvalue weighted by Gasteiger charge is 2.12. The number of nitriles is 1. The zero-order valence-electron chi connectivity index (χ0n) is 11.1. The Labute approximate surface area is 113 Å². The van der Waals surface area contributed by atoms with Crippen LogP contribution in [0.1, 0.15) is 25.3 Å². The van der Waals surface area contributed by atoms with Gasteiger partial charge in [0.2, 0.25) is 0 Å². The standard InChI is InChI=1S/C14H19N3O2/c1-2-3-8-17(9-10-18)14(19)16-13-6-4-12(11-15)5-7-13/h4-7,18H,2-3,8-10H2,1H3,(H,16,19). The number of aliphatic hydroxyl groups excluding tert-OH is 1. The Morgan fingerprint density at radius 2 is 2.05 bits per heavy atom. The van der Waals surface area contributed by atoms with Crippen LogP contribution in [0.2, 0.25) is 0 Å². The van der Waals surface area contributed by atoms with Gasteiger partial charge in [0, 0.05) is 18.8 Å². The molecule has 0 spiro atoms. The molecule has 0 bridgehead atoms. The largest absolute Gasteiger partial charge is 0.395 e. The monoisotopic (exact) mass is 261 g/mol. The molecule has 0 saturated carbocycles. The number of hydrogen-bond donors (Lipinski definition) is 2. The lowest BCUT2D eigenvalue weighted by atomic mass is 10.2. The molecule has 1 rings (SSSR count). The molecule has 1 aromatic carbocycles. The van der Waals surface area contributed by atoms with Gasteiger partial charge in [-0.05, 0) is 30.7 Å². The van der Waals surface area contributed by atoms with Crippen molar-refractivity contribution in [1.82, 2.24) is 4.90 Å². The average Bonchev–Trinajstić information content (AvgIpc) is 2.44. The van der Waals surface area contributed by atoms with Gasteiger partial charge in [0.25, 0.3) is 0 Å². The number of aliphatic hydroxyl groups is 1. The van der Waals surface area contributed by atoms with Crippen molar-refractivity contribution in [2.24, 2.45) is 0 Å². The molecule has 0 unspecified atom stereocenters. The number of carbonyl (C=O) groups is 1. The van der Waals surface area contributed by atoms with E-state index >= 15 is 0 Å². The molecule has 102 valence electrons. The molecule has 0 aliphatic rings. The fourth-order valence-corrected chi connectivity index (χ4v) is 1.62. The fourth-order valence-electron chi connectivity index (χ4n) is 1.62. The molecule has 5 heteroatoms. The van der Waals surface area contributed by atoms with Gasteiger partial charge >= 0.3 is 6.03 Å². The summed E-state index contributed by atoms with van der Waals surface area (Å²) < 4.78 is 0. The molecule has 5 nitrogen and oxygen atoms in total. The molecule has 0 aliphatic heterocycles. The summed E-state index contributed by atoms with van der Waals surface area (Å²) in [7, 11) is 0. The van der Waals surface area contributed by atoms with Gasteiger partial charge in [0.05, 0.1) is 18.2 Å². The molecule has 2 N–H and O–H groups in total. The van der Waals surface area contributed by atoms with Crippen molar-refractivity contribution in [3.8, 4) is 6.07 Å². The molecular formula is C14H19N3O2. The van der Waals surface area contributed by atoms with Crippen molar-refractivity contribution in [3.63, 3.8) is 0 Å². The minimum atomic E-state index is -0.229. The third kappa shape index (κ3) is 4.98. The quantitative estimate of drug-likeness (QED) is 0.824. The van der Waals surface area contributed by atoms with Gasteiger partial charge in [-0.25, -0.2) is 4.79 Å². The number of rotatable bonds is 6. The molecule has 2 amide bonds. The molecule has 0 atom stereocenters. The first-order valence-electron chi connectivity index (χ1n) is 6.38. The summed E-state index contributed by atoms with van der Waals surface area (Å²) in [6.45, 7) is 2.95. The number of nitrogens with zero attached hydrogens (tertiary/aromatic N) is 2. The van der Waals surface area contributed by atoms with Crippen LogP contribution in [0.3, 0.4) is 0 Å². The van der Waals surface area contributed by atoms with E-state index < -0.39 is 0 Å². The summed E-state index contributed by atoms with van der Waals surface area (Å²) in [6.07, 6.45) is 1.90. The molecule has 1 aromatic rings. The van der Waals surface area contributed by atoms with E-state index in [2.05, 4.69) is 12.2 Å². The van der Waals surface area contributed by atoms with E-state index in [1.165, 1.54) is 0 Å². The number of carbonyl (C=O) groups excluding carboxylic acids is 1. The average molecular weight is 261 g/mol. The minimum absolute atomic E-state index is 0.0511. The van der Waals surface area contributed by atoms with Gasteiger partial charge in [0.15, 0.2) is 0 Å². The number of anilines is 1. The Morgan fingerprint density at radius 3 is 2.58 bits per heavy atom. The van der Waals surface area contributed by atoms with Crippen molar-refractivity contribution in [2.75, 3.05) is 25.0 Å². The minimum Gasteiger partial charge on any atom is -0.395 e. The lowest BCUT2D eigenvalue weighted by molar-refractivity contribution is 0.187. The van der Waals surface area contributed by atoms with E-state index in [4.69, 9.17) is 10.4 Å². The predicted octanol–water partition coefficient (Wildman–Crippen LogP) is 2.18. The molecule has 0 aliphatic carbocycles. The summed E-state index contributed by atoms with van der Waals surface area (Å²) in [5.74, 6) is 0. The van der Waals surface area contributed by atoms with Gasteiger partial charge < -0.3 is 15.3 Å². The SMILES string of the molecule is CCCCN(CCO)C(=O)Nc1ccc(C#N)cc1. The number of unbranched alkanes of at least 4 members (excludes halogenated alkanes) is 1. The number of hydrogen-bond acceptors (Lipinski definition) is 3. The molecule has 0 heterocycles. The molecule has 0 saturated heterocycles. The van der Waals surface area contributed by atoms with E-state index in [1.807, 2.05) is 6.07 Å². The van der Waals surface area contributed by atoms with Crippen LogP contribution in [0.4, 0.5) is 10.5 Å². The van der Waals surface area contributed by atoms with E-state index in [0.29, 0.717) is 24.3 Å². The Morgan fingerprint density at radius 1 is 1.37 bits per heavy atom. The smallest absolute Gasteiger partial charge is 0.321 e. The summed E-state index contributed by atoms with van der Waals surface area (Å²) in [5, 5.41) is 20.4. The van der Waals surface area contributed by atoms with Crippen LogP contribution in [0.15, 0.2) is 24.3 Å². The molecule has 0 radical (unpaired) electrons. The van der Waals surface area contributed by atoms with Gasteiger partial charge in [-0.3, -0.25) is 0 Å². The van der Waals surface area contributed by atoms with Crippen molar-refractivity contribution in [1.29, 1.82) is 5.26 Å². The Kier molecular flexibility index (Phi) is 6.41. The van der Waals surface area contributed by atoms with Crippen molar-refractivity contribution < 1.29 is 9.90 Å². The third-order valence-corrected chi connectivity index (χ3v) is 2.70. The Bertz CT molecular complexity index is 437. The van der Waals surface area contributed by atoms with Gasteiger partial charge in [0.1, 0.15) is 0 Å². The van der Waals surface area contributed by atoms with Crippen LogP contribution < -0.4 is 5.32 Å². The fraction of sp³-hybridized carbons (Fsp3) is 0.429. The number of urea groups is 1. The normalized spacial score (nSPS) is 9.74. The maximum absolute atomic E-state index is 12.0. The lowest BCUT2D eigenvalue weighted by Gasteiger charge is -2.22. The Balaban J connectivity index is 2.61. The zero-order chi connectivity index (χ0) is 14.1. The summed E-state index contributed by atoms with van der Waals surface area (Å²) in [4.78, 5) is 13.6.